The first-order valence-electron chi connectivity index (χ1n) is 8.74. The van der Waals surface area contributed by atoms with Gasteiger partial charge in [0, 0.05) is 44.6 Å². The minimum atomic E-state index is -0.332. The molecular formula is C21H22N4O. The Bertz CT molecular complexity index is 788. The second kappa shape index (κ2) is 8.72. The fourth-order valence-electron chi connectivity index (χ4n) is 2.94. The zero-order chi connectivity index (χ0) is 18.2. The summed E-state index contributed by atoms with van der Waals surface area (Å²) < 4.78 is 0. The average molecular weight is 346 g/mol. The number of piperazine rings is 1. The summed E-state index contributed by atoms with van der Waals surface area (Å²) in [6.07, 6.45) is 1.68. The Kier molecular flexibility index (Phi) is 5.89. The molecule has 0 bridgehead atoms. The molecule has 1 aliphatic heterocycles. The molecule has 5 heteroatoms. The summed E-state index contributed by atoms with van der Waals surface area (Å²) in [5.74, 6) is -0.332. The van der Waals surface area contributed by atoms with E-state index in [1.165, 1.54) is 5.69 Å². The molecule has 5 nitrogen and oxygen atoms in total. The molecule has 1 N–H and O–H groups in total. The van der Waals surface area contributed by atoms with Crippen molar-refractivity contribution in [3.63, 3.8) is 0 Å². The Morgan fingerprint density at radius 2 is 1.62 bits per heavy atom. The van der Waals surface area contributed by atoms with Crippen LogP contribution in [-0.2, 0) is 11.3 Å². The monoisotopic (exact) mass is 346 g/mol. The van der Waals surface area contributed by atoms with Crippen molar-refractivity contribution < 1.29 is 4.79 Å². The number of para-hydroxylation sites is 1. The highest BCUT2D eigenvalue weighted by Gasteiger charge is 2.17. The van der Waals surface area contributed by atoms with Crippen LogP contribution in [0.25, 0.3) is 0 Å². The molecule has 1 amide bonds. The van der Waals surface area contributed by atoms with Crippen LogP contribution in [-0.4, -0.2) is 37.0 Å². The van der Waals surface area contributed by atoms with Gasteiger partial charge in [0.25, 0.3) is 5.91 Å². The first kappa shape index (κ1) is 17.6. The van der Waals surface area contributed by atoms with Crippen LogP contribution in [0.2, 0.25) is 0 Å². The molecule has 2 aromatic carbocycles. The summed E-state index contributed by atoms with van der Waals surface area (Å²) in [5.41, 5.74) is 2.36. The number of rotatable bonds is 5. The van der Waals surface area contributed by atoms with Gasteiger partial charge in [-0.1, -0.05) is 48.5 Å². The van der Waals surface area contributed by atoms with E-state index in [1.807, 2.05) is 59.5 Å². The molecule has 0 spiro atoms. The van der Waals surface area contributed by atoms with Crippen LogP contribution >= 0.6 is 0 Å². The lowest BCUT2D eigenvalue weighted by Gasteiger charge is -2.35. The van der Waals surface area contributed by atoms with Crippen molar-refractivity contribution in [2.75, 3.05) is 31.1 Å². The van der Waals surface area contributed by atoms with Crippen LogP contribution < -0.4 is 10.2 Å². The number of nitriles is 1. The summed E-state index contributed by atoms with van der Waals surface area (Å²) in [7, 11) is 0. The summed E-state index contributed by atoms with van der Waals surface area (Å²) in [4.78, 5) is 16.6. The summed E-state index contributed by atoms with van der Waals surface area (Å²) in [6, 6.07) is 22.0. The highest BCUT2D eigenvalue weighted by molar-refractivity contribution is 5.97. The number of carbonyl (C=O) groups is 1. The van der Waals surface area contributed by atoms with Crippen molar-refractivity contribution in [1.29, 1.82) is 5.26 Å². The molecule has 2 aromatic rings. The lowest BCUT2D eigenvalue weighted by atomic mass is 10.2. The molecule has 1 aliphatic rings. The third-order valence-electron chi connectivity index (χ3n) is 4.41. The van der Waals surface area contributed by atoms with Crippen LogP contribution in [0.4, 0.5) is 5.69 Å². The number of amides is 1. The number of nitrogens with one attached hydrogen (secondary N) is 1. The maximum atomic E-state index is 12.3. The molecular weight excluding hydrogens is 324 g/mol. The van der Waals surface area contributed by atoms with Crippen LogP contribution in [0, 0.1) is 11.3 Å². The first-order chi connectivity index (χ1) is 12.8. The minimum absolute atomic E-state index is 0.147. The van der Waals surface area contributed by atoms with Gasteiger partial charge in [-0.15, -0.1) is 0 Å². The van der Waals surface area contributed by atoms with Crippen molar-refractivity contribution in [3.05, 3.63) is 78.0 Å². The van der Waals surface area contributed by atoms with Crippen molar-refractivity contribution in [1.82, 2.24) is 10.2 Å². The van der Waals surface area contributed by atoms with Gasteiger partial charge in [0.15, 0.2) is 0 Å². The largest absolute Gasteiger partial charge is 0.373 e. The van der Waals surface area contributed by atoms with E-state index in [2.05, 4.69) is 22.3 Å². The molecule has 0 radical (unpaired) electrons. The lowest BCUT2D eigenvalue weighted by molar-refractivity contribution is -0.117. The van der Waals surface area contributed by atoms with E-state index in [9.17, 15) is 10.1 Å². The van der Waals surface area contributed by atoms with Gasteiger partial charge in [0.1, 0.15) is 11.6 Å². The highest BCUT2D eigenvalue weighted by Crippen LogP contribution is 2.16. The Morgan fingerprint density at radius 3 is 2.23 bits per heavy atom. The van der Waals surface area contributed by atoms with E-state index >= 15 is 0 Å². The van der Waals surface area contributed by atoms with E-state index < -0.39 is 0 Å². The molecule has 3 rings (SSSR count). The fourth-order valence-corrected chi connectivity index (χ4v) is 2.94. The Morgan fingerprint density at radius 1 is 1.00 bits per heavy atom. The van der Waals surface area contributed by atoms with E-state index in [0.29, 0.717) is 6.54 Å². The maximum Gasteiger partial charge on any atom is 0.263 e. The predicted octanol–water partition coefficient (Wildman–Crippen LogP) is 2.53. The second-order valence-corrected chi connectivity index (χ2v) is 6.18. The zero-order valence-corrected chi connectivity index (χ0v) is 14.6. The third kappa shape index (κ3) is 4.64. The third-order valence-corrected chi connectivity index (χ3v) is 4.41. The molecule has 0 unspecified atom stereocenters. The number of nitrogens with zero attached hydrogens (tertiary/aromatic N) is 3. The first-order valence-corrected chi connectivity index (χ1v) is 8.74. The smallest absolute Gasteiger partial charge is 0.263 e. The Balaban J connectivity index is 1.54. The SMILES string of the molecule is N#C/C(=C/N1CCN(c2ccccc2)CC1)C(=O)NCc1ccccc1. The number of hydrogen-bond acceptors (Lipinski definition) is 4. The van der Waals surface area contributed by atoms with Crippen molar-refractivity contribution in [2.24, 2.45) is 0 Å². The number of hydrogen-bond donors (Lipinski definition) is 1. The van der Waals surface area contributed by atoms with Crippen LogP contribution in [0.5, 0.6) is 0 Å². The number of benzene rings is 2. The standard InChI is InChI=1S/C21H22N4O/c22-15-19(21(26)23-16-18-7-3-1-4-8-18)17-24-11-13-25(14-12-24)20-9-5-2-6-10-20/h1-10,17H,11-14,16H2,(H,23,26)/b19-17-. The molecule has 0 atom stereocenters. The molecule has 0 aromatic heterocycles. The van der Waals surface area contributed by atoms with E-state index in [-0.39, 0.29) is 11.5 Å². The van der Waals surface area contributed by atoms with Gasteiger partial charge in [0.05, 0.1) is 0 Å². The van der Waals surface area contributed by atoms with E-state index in [0.717, 1.165) is 31.7 Å². The molecule has 1 fully saturated rings. The minimum Gasteiger partial charge on any atom is -0.373 e. The van der Waals surface area contributed by atoms with Gasteiger partial charge in [0.2, 0.25) is 0 Å². The number of carbonyl (C=O) groups excluding carboxylic acids is 1. The fraction of sp³-hybridized carbons (Fsp3) is 0.238. The Hall–Kier alpha value is -3.26. The van der Waals surface area contributed by atoms with Crippen LogP contribution in [0.1, 0.15) is 5.56 Å². The average Bonchev–Trinajstić information content (AvgIpc) is 2.72. The lowest BCUT2D eigenvalue weighted by Crippen LogP contribution is -2.44. The van der Waals surface area contributed by atoms with Crippen molar-refractivity contribution in [2.45, 2.75) is 6.54 Å². The molecule has 0 saturated carbocycles. The normalized spacial score (nSPS) is 14.7. The van der Waals surface area contributed by atoms with Gasteiger partial charge >= 0.3 is 0 Å². The summed E-state index contributed by atoms with van der Waals surface area (Å²) in [5, 5.41) is 12.1. The topological polar surface area (TPSA) is 59.4 Å². The molecule has 1 saturated heterocycles. The van der Waals surface area contributed by atoms with Crippen LogP contribution in [0.15, 0.2) is 72.4 Å². The molecule has 132 valence electrons. The van der Waals surface area contributed by atoms with Gasteiger partial charge in [-0.05, 0) is 17.7 Å². The van der Waals surface area contributed by atoms with E-state index in [1.54, 1.807) is 6.20 Å². The van der Waals surface area contributed by atoms with Gasteiger partial charge in [-0.3, -0.25) is 4.79 Å². The van der Waals surface area contributed by atoms with Gasteiger partial charge in [-0.25, -0.2) is 0 Å². The summed E-state index contributed by atoms with van der Waals surface area (Å²) >= 11 is 0. The maximum absolute atomic E-state index is 12.3. The molecule has 0 aliphatic carbocycles. The number of anilines is 1. The van der Waals surface area contributed by atoms with Gasteiger partial charge in [-0.2, -0.15) is 5.26 Å². The highest BCUT2D eigenvalue weighted by atomic mass is 16.1. The van der Waals surface area contributed by atoms with E-state index in [4.69, 9.17) is 0 Å². The van der Waals surface area contributed by atoms with Gasteiger partial charge < -0.3 is 15.1 Å². The zero-order valence-electron chi connectivity index (χ0n) is 14.6. The summed E-state index contributed by atoms with van der Waals surface area (Å²) in [6.45, 7) is 3.72. The van der Waals surface area contributed by atoms with Crippen LogP contribution in [0.3, 0.4) is 0 Å². The predicted molar refractivity (Wildman–Crippen MR) is 102 cm³/mol. The second-order valence-electron chi connectivity index (χ2n) is 6.18. The molecule has 26 heavy (non-hydrogen) atoms. The Labute approximate surface area is 154 Å². The van der Waals surface area contributed by atoms with Crippen molar-refractivity contribution >= 4 is 11.6 Å². The quantitative estimate of drug-likeness (QED) is 0.668. The molecule has 1 heterocycles. The van der Waals surface area contributed by atoms with Crippen molar-refractivity contribution in [3.8, 4) is 6.07 Å².